The number of allylic oxidation sites excluding steroid dienone is 1. The zero-order valence-corrected chi connectivity index (χ0v) is 14.8. The quantitative estimate of drug-likeness (QED) is 0.541. The first kappa shape index (κ1) is 20.3. The van der Waals surface area contributed by atoms with Crippen LogP contribution in [-0.4, -0.2) is 40.3 Å². The largest absolute Gasteiger partial charge is 0.510 e. The van der Waals surface area contributed by atoms with Crippen LogP contribution in [0.3, 0.4) is 0 Å². The molecule has 0 fully saturated rings. The molecule has 0 aliphatic carbocycles. The molecule has 1 amide bonds. The lowest BCUT2D eigenvalue weighted by molar-refractivity contribution is -0.134. The Kier molecular flexibility index (Phi) is 9.79. The van der Waals surface area contributed by atoms with E-state index in [9.17, 15) is 15.0 Å². The molecule has 124 valence electrons. The predicted molar refractivity (Wildman–Crippen MR) is 90.6 cm³/mol. The normalized spacial score (nSPS) is 14.3. The van der Waals surface area contributed by atoms with Crippen LogP contribution in [0, 0.1) is 11.3 Å². The molecule has 21 heavy (non-hydrogen) atoms. The summed E-state index contributed by atoms with van der Waals surface area (Å²) in [6.45, 7) is 9.66. The third-order valence-corrected chi connectivity index (χ3v) is 5.30. The summed E-state index contributed by atoms with van der Waals surface area (Å²) < 4.78 is 0. The monoisotopic (exact) mass is 317 g/mol. The Hall–Kier alpha value is -0.680. The number of carbonyl (C=O) groups is 1. The highest BCUT2D eigenvalue weighted by Crippen LogP contribution is 2.26. The third-order valence-electron chi connectivity index (χ3n) is 3.83. The van der Waals surface area contributed by atoms with E-state index >= 15 is 0 Å². The Balaban J connectivity index is 4.84. The third kappa shape index (κ3) is 6.30. The van der Waals surface area contributed by atoms with Crippen molar-refractivity contribution in [3.8, 4) is 0 Å². The molecular weight excluding hydrogens is 286 g/mol. The average molecular weight is 317 g/mol. The number of thioether (sulfide) groups is 1. The van der Waals surface area contributed by atoms with Gasteiger partial charge in [-0.3, -0.25) is 4.79 Å². The Labute approximate surface area is 133 Å². The molecule has 0 saturated carbocycles. The predicted octanol–water partition coefficient (Wildman–Crippen LogP) is 3.12. The van der Waals surface area contributed by atoms with E-state index < -0.39 is 11.5 Å². The minimum absolute atomic E-state index is 0.172. The first-order chi connectivity index (χ1) is 9.86. The first-order valence-electron chi connectivity index (χ1n) is 7.71. The van der Waals surface area contributed by atoms with Gasteiger partial charge in [-0.05, 0) is 37.5 Å². The summed E-state index contributed by atoms with van der Waals surface area (Å²) in [4.78, 5) is 12.5. The van der Waals surface area contributed by atoms with Gasteiger partial charge in [0, 0.05) is 5.75 Å². The molecule has 0 aromatic heterocycles. The van der Waals surface area contributed by atoms with Gasteiger partial charge < -0.3 is 15.5 Å². The van der Waals surface area contributed by atoms with Crippen LogP contribution in [0.1, 0.15) is 47.5 Å². The number of amides is 1. The van der Waals surface area contributed by atoms with Gasteiger partial charge in [0.25, 0.3) is 0 Å². The summed E-state index contributed by atoms with van der Waals surface area (Å²) in [6.07, 6.45) is 2.77. The van der Waals surface area contributed by atoms with Crippen molar-refractivity contribution in [1.29, 1.82) is 0 Å². The summed E-state index contributed by atoms with van der Waals surface area (Å²) >= 11 is 1.71. The van der Waals surface area contributed by atoms with Crippen molar-refractivity contribution in [3.63, 3.8) is 0 Å². The van der Waals surface area contributed by atoms with Crippen molar-refractivity contribution in [3.05, 3.63) is 11.8 Å². The van der Waals surface area contributed by atoms with Crippen LogP contribution < -0.4 is 5.32 Å². The molecule has 0 unspecified atom stereocenters. The van der Waals surface area contributed by atoms with Gasteiger partial charge in [0.15, 0.2) is 0 Å². The molecule has 0 aliphatic heterocycles. The highest BCUT2D eigenvalue weighted by atomic mass is 32.2. The molecule has 0 heterocycles. The van der Waals surface area contributed by atoms with Gasteiger partial charge in [0.1, 0.15) is 5.76 Å². The van der Waals surface area contributed by atoms with E-state index in [0.717, 1.165) is 5.75 Å². The Morgan fingerprint density at radius 1 is 1.29 bits per heavy atom. The second-order valence-electron chi connectivity index (χ2n) is 5.82. The second-order valence-corrected chi connectivity index (χ2v) is 6.89. The highest BCUT2D eigenvalue weighted by molar-refractivity contribution is 7.99. The number of carbonyl (C=O) groups excluding carboxylic acids is 1. The summed E-state index contributed by atoms with van der Waals surface area (Å²) in [5.74, 6) is 2.18. The minimum atomic E-state index is -0.755. The van der Waals surface area contributed by atoms with E-state index in [0.29, 0.717) is 24.5 Å². The summed E-state index contributed by atoms with van der Waals surface area (Å²) in [6, 6.07) is -0.393. The molecule has 0 bridgehead atoms. The van der Waals surface area contributed by atoms with Crippen LogP contribution >= 0.6 is 11.8 Å². The van der Waals surface area contributed by atoms with Crippen LogP contribution in [-0.2, 0) is 4.79 Å². The molecule has 5 heteroatoms. The molecule has 0 aromatic rings. The smallest absolute Gasteiger partial charge is 0.229 e. The second kappa shape index (κ2) is 10.1. The molecule has 0 spiro atoms. The number of hydrogen-bond acceptors (Lipinski definition) is 4. The summed E-state index contributed by atoms with van der Waals surface area (Å²) in [5, 5.41) is 22.4. The minimum Gasteiger partial charge on any atom is -0.510 e. The fourth-order valence-corrected chi connectivity index (χ4v) is 3.10. The maximum Gasteiger partial charge on any atom is 0.229 e. The van der Waals surface area contributed by atoms with Crippen LogP contribution in [0.5, 0.6) is 0 Å². The Bertz CT molecular complexity index is 330. The van der Waals surface area contributed by atoms with Gasteiger partial charge in [-0.25, -0.2) is 0 Å². The highest BCUT2D eigenvalue weighted by Gasteiger charge is 2.35. The molecule has 3 N–H and O–H groups in total. The lowest BCUT2D eigenvalue weighted by Crippen LogP contribution is -2.48. The SMILES string of the molecule is C/C=C(/O)[C@H](CSCC(C)C)NC(=O)C(CC)(CC)CO. The lowest BCUT2D eigenvalue weighted by Gasteiger charge is -2.30. The number of nitrogens with one attached hydrogen (secondary N) is 1. The van der Waals surface area contributed by atoms with Crippen molar-refractivity contribution in [1.82, 2.24) is 5.32 Å². The van der Waals surface area contributed by atoms with Crippen LogP contribution in [0.2, 0.25) is 0 Å². The lowest BCUT2D eigenvalue weighted by atomic mass is 9.82. The van der Waals surface area contributed by atoms with Crippen molar-refractivity contribution < 1.29 is 15.0 Å². The zero-order valence-electron chi connectivity index (χ0n) is 14.0. The van der Waals surface area contributed by atoms with E-state index in [-0.39, 0.29) is 18.3 Å². The number of rotatable bonds is 10. The standard InChI is InChI=1S/C16H31NO3S/c1-6-14(19)13(10-21-9-12(4)5)17-15(20)16(7-2,8-3)11-18/h6,12-13,18-19H,7-11H2,1-5H3,(H,17,20)/b14-6+/t13-/m0/s1. The molecule has 0 radical (unpaired) electrons. The van der Waals surface area contributed by atoms with Crippen molar-refractivity contribution in [2.75, 3.05) is 18.1 Å². The van der Waals surface area contributed by atoms with Gasteiger partial charge in [-0.1, -0.05) is 27.7 Å². The van der Waals surface area contributed by atoms with E-state index in [1.54, 1.807) is 24.8 Å². The van der Waals surface area contributed by atoms with E-state index in [4.69, 9.17) is 0 Å². The fourth-order valence-electron chi connectivity index (χ4n) is 2.00. The molecule has 1 atom stereocenters. The first-order valence-corrected chi connectivity index (χ1v) is 8.87. The Morgan fingerprint density at radius 3 is 2.24 bits per heavy atom. The van der Waals surface area contributed by atoms with Crippen molar-refractivity contribution in [2.45, 2.75) is 53.5 Å². The van der Waals surface area contributed by atoms with Crippen LogP contribution in [0.4, 0.5) is 0 Å². The van der Waals surface area contributed by atoms with Gasteiger partial charge in [-0.15, -0.1) is 0 Å². The number of aliphatic hydroxyl groups is 2. The van der Waals surface area contributed by atoms with E-state index in [2.05, 4.69) is 19.2 Å². The van der Waals surface area contributed by atoms with Gasteiger partial charge >= 0.3 is 0 Å². The van der Waals surface area contributed by atoms with E-state index in [1.807, 2.05) is 13.8 Å². The topological polar surface area (TPSA) is 69.6 Å². The number of hydrogen-bond donors (Lipinski definition) is 3. The maximum absolute atomic E-state index is 12.5. The molecule has 0 rings (SSSR count). The summed E-state index contributed by atoms with van der Waals surface area (Å²) in [7, 11) is 0. The van der Waals surface area contributed by atoms with Crippen LogP contribution in [0.15, 0.2) is 11.8 Å². The zero-order chi connectivity index (χ0) is 16.5. The average Bonchev–Trinajstić information content (AvgIpc) is 2.47. The van der Waals surface area contributed by atoms with Gasteiger partial charge in [0.2, 0.25) is 5.91 Å². The van der Waals surface area contributed by atoms with E-state index in [1.165, 1.54) is 0 Å². The molecule has 0 aliphatic rings. The molecule has 0 saturated heterocycles. The van der Waals surface area contributed by atoms with Gasteiger partial charge in [-0.2, -0.15) is 11.8 Å². The van der Waals surface area contributed by atoms with Crippen molar-refractivity contribution >= 4 is 17.7 Å². The van der Waals surface area contributed by atoms with Gasteiger partial charge in [0.05, 0.1) is 18.1 Å². The van der Waals surface area contributed by atoms with Crippen molar-refractivity contribution in [2.24, 2.45) is 11.3 Å². The Morgan fingerprint density at radius 2 is 1.86 bits per heavy atom. The summed E-state index contributed by atoms with van der Waals surface area (Å²) in [5.41, 5.74) is -0.755. The van der Waals surface area contributed by atoms with Crippen LogP contribution in [0.25, 0.3) is 0 Å². The molecule has 4 nitrogen and oxygen atoms in total. The fraction of sp³-hybridized carbons (Fsp3) is 0.812. The molecular formula is C16H31NO3S. The maximum atomic E-state index is 12.5. The molecule has 0 aromatic carbocycles. The number of aliphatic hydroxyl groups excluding tert-OH is 2.